The molecule has 10 heteroatoms. The highest BCUT2D eigenvalue weighted by molar-refractivity contribution is 5.94. The van der Waals surface area contributed by atoms with Gasteiger partial charge in [-0.1, -0.05) is 12.1 Å². The van der Waals surface area contributed by atoms with Crippen LogP contribution in [0.2, 0.25) is 0 Å². The highest BCUT2D eigenvalue weighted by atomic mass is 19.3. The topological polar surface area (TPSA) is 78.0 Å². The van der Waals surface area contributed by atoms with E-state index in [1.807, 2.05) is 30.5 Å². The maximum Gasteiger partial charge on any atom is 0.461 e. The van der Waals surface area contributed by atoms with Gasteiger partial charge in [0.2, 0.25) is 5.95 Å². The van der Waals surface area contributed by atoms with E-state index in [2.05, 4.69) is 24.6 Å². The summed E-state index contributed by atoms with van der Waals surface area (Å²) < 4.78 is 56.9. The van der Waals surface area contributed by atoms with Crippen LogP contribution in [0.1, 0.15) is 6.42 Å². The van der Waals surface area contributed by atoms with E-state index >= 15 is 0 Å². The normalized spacial score (nSPS) is 11.8. The number of fused-ring (bicyclic) bond motifs is 1. The van der Waals surface area contributed by atoms with Gasteiger partial charge in [0.1, 0.15) is 5.75 Å². The smallest absolute Gasteiger partial charge is 0.428 e. The van der Waals surface area contributed by atoms with Gasteiger partial charge < -0.3 is 20.4 Å². The maximum absolute atomic E-state index is 13.0. The highest BCUT2D eigenvalue weighted by Crippen LogP contribution is 2.30. The van der Waals surface area contributed by atoms with Gasteiger partial charge >= 0.3 is 12.5 Å². The molecule has 172 valence electrons. The molecule has 0 amide bonds. The molecule has 2 aromatic carbocycles. The first-order valence-electron chi connectivity index (χ1n) is 10.2. The van der Waals surface area contributed by atoms with Crippen molar-refractivity contribution >= 4 is 22.5 Å². The Kier molecular flexibility index (Phi) is 6.45. The van der Waals surface area contributed by atoms with Crippen molar-refractivity contribution in [3.05, 3.63) is 67.0 Å². The van der Waals surface area contributed by atoms with Crippen LogP contribution in [0.5, 0.6) is 5.75 Å². The van der Waals surface area contributed by atoms with Gasteiger partial charge in [-0.15, -0.1) is 0 Å². The third-order valence-corrected chi connectivity index (χ3v) is 4.97. The summed E-state index contributed by atoms with van der Waals surface area (Å²) in [5.41, 5.74) is 8.81. The number of aryl methyl sites for hydroxylation is 1. The zero-order valence-electron chi connectivity index (χ0n) is 17.4. The molecule has 2 aromatic heterocycles. The molecule has 0 fully saturated rings. The second-order valence-electron chi connectivity index (χ2n) is 7.27. The molecule has 0 aliphatic rings. The van der Waals surface area contributed by atoms with Gasteiger partial charge in [0.25, 0.3) is 0 Å². The fourth-order valence-corrected chi connectivity index (χ4v) is 3.41. The first-order valence-corrected chi connectivity index (χ1v) is 10.2. The number of aromatic nitrogens is 3. The Hall–Kier alpha value is -3.66. The Labute approximate surface area is 187 Å². The van der Waals surface area contributed by atoms with E-state index in [0.29, 0.717) is 23.9 Å². The number of nitrogens with two attached hydrogens (primary N) is 1. The lowest BCUT2D eigenvalue weighted by molar-refractivity contribution is -0.253. The van der Waals surface area contributed by atoms with Gasteiger partial charge in [0.15, 0.2) is 0 Å². The number of halogens is 4. The van der Waals surface area contributed by atoms with E-state index in [4.69, 9.17) is 5.73 Å². The lowest BCUT2D eigenvalue weighted by Crippen LogP contribution is -2.33. The van der Waals surface area contributed by atoms with Crippen molar-refractivity contribution in [2.45, 2.75) is 25.5 Å². The van der Waals surface area contributed by atoms with E-state index in [-0.39, 0.29) is 5.75 Å². The standard InChI is InChI=1S/C23H21F4N5O/c24-21(25)23(26,27)33-16-7-5-15(6-8-16)30-22-29-12-9-19(31-22)17-3-1-4-20-18(17)10-14-32(20)13-2-11-28/h1,3-10,12,14,21H,2,11,13,28H2,(H,29,30,31). The lowest BCUT2D eigenvalue weighted by atomic mass is 10.1. The molecule has 0 atom stereocenters. The van der Waals surface area contributed by atoms with Crippen LogP contribution in [-0.4, -0.2) is 33.6 Å². The molecule has 3 N–H and O–H groups in total. The predicted octanol–water partition coefficient (Wildman–Crippen LogP) is 5.43. The van der Waals surface area contributed by atoms with E-state index in [9.17, 15) is 17.6 Å². The largest absolute Gasteiger partial charge is 0.461 e. The van der Waals surface area contributed by atoms with Gasteiger partial charge in [0.05, 0.1) is 5.69 Å². The van der Waals surface area contributed by atoms with E-state index < -0.39 is 12.5 Å². The Morgan fingerprint density at radius 2 is 1.85 bits per heavy atom. The number of alkyl halides is 4. The Bertz CT molecular complexity index is 1230. The molecule has 4 aromatic rings. The molecule has 0 unspecified atom stereocenters. The van der Waals surface area contributed by atoms with Gasteiger partial charge in [0, 0.05) is 41.1 Å². The van der Waals surface area contributed by atoms with Gasteiger partial charge in [-0.2, -0.15) is 17.6 Å². The number of nitrogens with zero attached hydrogens (tertiary/aromatic N) is 3. The molecule has 2 heterocycles. The summed E-state index contributed by atoms with van der Waals surface area (Å²) in [5, 5.41) is 4.02. The molecule has 0 saturated carbocycles. The Balaban J connectivity index is 1.54. The van der Waals surface area contributed by atoms with Crippen molar-refractivity contribution in [2.75, 3.05) is 11.9 Å². The lowest BCUT2D eigenvalue weighted by Gasteiger charge is -2.17. The maximum atomic E-state index is 13.0. The molecule has 4 rings (SSSR count). The van der Waals surface area contributed by atoms with Crippen molar-refractivity contribution in [3.63, 3.8) is 0 Å². The summed E-state index contributed by atoms with van der Waals surface area (Å²) in [6.45, 7) is 1.44. The summed E-state index contributed by atoms with van der Waals surface area (Å²) in [7, 11) is 0. The van der Waals surface area contributed by atoms with Crippen LogP contribution in [-0.2, 0) is 6.54 Å². The molecule has 0 radical (unpaired) electrons. The van der Waals surface area contributed by atoms with Gasteiger partial charge in [-0.25, -0.2) is 9.97 Å². The summed E-state index contributed by atoms with van der Waals surface area (Å²) in [4.78, 5) is 8.76. The van der Waals surface area contributed by atoms with Crippen molar-refractivity contribution in [3.8, 4) is 17.0 Å². The molecule has 33 heavy (non-hydrogen) atoms. The zero-order chi connectivity index (χ0) is 23.4. The molecule has 0 bridgehead atoms. The first-order chi connectivity index (χ1) is 15.9. The van der Waals surface area contributed by atoms with Crippen LogP contribution in [0.3, 0.4) is 0 Å². The van der Waals surface area contributed by atoms with Crippen LogP contribution in [0.15, 0.2) is 67.0 Å². The van der Waals surface area contributed by atoms with Crippen LogP contribution >= 0.6 is 0 Å². The number of ether oxygens (including phenoxy) is 1. The molecule has 0 saturated heterocycles. The Morgan fingerprint density at radius 1 is 1.06 bits per heavy atom. The van der Waals surface area contributed by atoms with E-state index in [1.54, 1.807) is 12.3 Å². The quantitative estimate of drug-likeness (QED) is 0.327. The fraction of sp³-hybridized carbons (Fsp3) is 0.217. The van der Waals surface area contributed by atoms with Crippen molar-refractivity contribution in [1.82, 2.24) is 14.5 Å². The minimum absolute atomic E-state index is 0.290. The highest BCUT2D eigenvalue weighted by Gasteiger charge is 2.43. The number of benzene rings is 2. The minimum Gasteiger partial charge on any atom is -0.428 e. The van der Waals surface area contributed by atoms with Gasteiger partial charge in [-0.3, -0.25) is 0 Å². The summed E-state index contributed by atoms with van der Waals surface area (Å²) in [6, 6.07) is 14.9. The molecule has 0 aliphatic carbocycles. The van der Waals surface area contributed by atoms with Crippen LogP contribution in [0.4, 0.5) is 29.2 Å². The fourth-order valence-electron chi connectivity index (χ4n) is 3.41. The third-order valence-electron chi connectivity index (χ3n) is 4.97. The number of rotatable bonds is 9. The predicted molar refractivity (Wildman–Crippen MR) is 118 cm³/mol. The van der Waals surface area contributed by atoms with Crippen LogP contribution < -0.4 is 15.8 Å². The SMILES string of the molecule is NCCCn1ccc2c(-c3ccnc(Nc4ccc(OC(F)(F)C(F)F)cc4)n3)cccc21. The summed E-state index contributed by atoms with van der Waals surface area (Å²) in [5.74, 6) is -0.0926. The molecular weight excluding hydrogens is 438 g/mol. The molecule has 6 nitrogen and oxygen atoms in total. The number of anilines is 2. The van der Waals surface area contributed by atoms with Crippen molar-refractivity contribution in [2.24, 2.45) is 5.73 Å². The average molecular weight is 459 g/mol. The summed E-state index contributed by atoms with van der Waals surface area (Å²) in [6.07, 6.45) is -3.98. The van der Waals surface area contributed by atoms with Gasteiger partial charge in [-0.05, 0) is 55.4 Å². The first kappa shape index (κ1) is 22.5. The zero-order valence-corrected chi connectivity index (χ0v) is 17.4. The van der Waals surface area contributed by atoms with E-state index in [1.165, 1.54) is 12.1 Å². The van der Waals surface area contributed by atoms with E-state index in [0.717, 1.165) is 41.6 Å². The van der Waals surface area contributed by atoms with Crippen LogP contribution in [0.25, 0.3) is 22.2 Å². The third kappa shape index (κ3) is 5.06. The minimum atomic E-state index is -4.56. The number of nitrogens with one attached hydrogen (secondary N) is 1. The van der Waals surface area contributed by atoms with Crippen molar-refractivity contribution < 1.29 is 22.3 Å². The monoisotopic (exact) mass is 459 g/mol. The molecular formula is C23H21F4N5O. The number of hydrogen-bond donors (Lipinski definition) is 2. The Morgan fingerprint density at radius 3 is 2.58 bits per heavy atom. The summed E-state index contributed by atoms with van der Waals surface area (Å²) >= 11 is 0. The molecule has 0 aliphatic heterocycles. The number of hydrogen-bond acceptors (Lipinski definition) is 5. The second-order valence-corrected chi connectivity index (χ2v) is 7.27. The second kappa shape index (κ2) is 9.45. The average Bonchev–Trinajstić information content (AvgIpc) is 3.22. The van der Waals surface area contributed by atoms with Crippen LogP contribution in [0, 0.1) is 0 Å². The molecule has 0 spiro atoms. The van der Waals surface area contributed by atoms with Crippen molar-refractivity contribution in [1.29, 1.82) is 0 Å².